The smallest absolute Gasteiger partial charge is 0.307 e. The number of carbonyl (C=O) groups is 1. The second-order valence-electron chi connectivity index (χ2n) is 3.41. The molecule has 0 fully saturated rings. The van der Waals surface area contributed by atoms with Crippen LogP contribution in [0.5, 0.6) is 0 Å². The zero-order valence-corrected chi connectivity index (χ0v) is 9.17. The lowest BCUT2D eigenvalue weighted by atomic mass is 10.0. The topological polar surface area (TPSA) is 52.3 Å². The van der Waals surface area contributed by atoms with Crippen molar-refractivity contribution in [3.8, 4) is 0 Å². The van der Waals surface area contributed by atoms with Gasteiger partial charge in [0.25, 0.3) is 0 Å². The van der Waals surface area contributed by atoms with Crippen molar-refractivity contribution >= 4 is 5.97 Å². The highest BCUT2D eigenvalue weighted by molar-refractivity contribution is 5.70. The maximum Gasteiger partial charge on any atom is 0.307 e. The second kappa shape index (κ2) is 5.67. The third-order valence-electron chi connectivity index (χ3n) is 2.11. The lowest BCUT2D eigenvalue weighted by Gasteiger charge is -2.12. The summed E-state index contributed by atoms with van der Waals surface area (Å²) in [7, 11) is 0. The van der Waals surface area contributed by atoms with Gasteiger partial charge in [0.05, 0.1) is 13.0 Å². The molecule has 0 unspecified atom stereocenters. The quantitative estimate of drug-likeness (QED) is 0.654. The van der Waals surface area contributed by atoms with Crippen LogP contribution in [-0.2, 0) is 9.53 Å². The van der Waals surface area contributed by atoms with E-state index in [1.54, 1.807) is 6.92 Å². The van der Waals surface area contributed by atoms with E-state index in [4.69, 9.17) is 5.73 Å². The second-order valence-corrected chi connectivity index (χ2v) is 3.41. The van der Waals surface area contributed by atoms with Gasteiger partial charge in [0, 0.05) is 17.7 Å². The minimum absolute atomic E-state index is 0.158. The molecule has 0 aromatic heterocycles. The number of hydrogen-bond acceptors (Lipinski definition) is 3. The molecule has 0 spiro atoms. The normalized spacial score (nSPS) is 12.3. The Kier molecular flexibility index (Phi) is 4.51. The Labute approximate surface area is 96.4 Å². The minimum Gasteiger partial charge on any atom is -0.466 e. The van der Waals surface area contributed by atoms with Gasteiger partial charge in [0.2, 0.25) is 0 Å². The number of carbonyl (C=O) groups excluding carboxylic acids is 1. The number of halogens is 3. The van der Waals surface area contributed by atoms with Gasteiger partial charge >= 0.3 is 5.97 Å². The molecule has 1 rings (SSSR count). The average Bonchev–Trinajstić information content (AvgIpc) is 2.23. The zero-order chi connectivity index (χ0) is 13.0. The molecule has 94 valence electrons. The number of esters is 1. The maximum atomic E-state index is 13.3. The van der Waals surface area contributed by atoms with E-state index in [9.17, 15) is 18.0 Å². The minimum atomic E-state index is -1.33. The highest BCUT2D eigenvalue weighted by atomic mass is 19.2. The highest BCUT2D eigenvalue weighted by Gasteiger charge is 2.19. The molecule has 6 heteroatoms. The molecule has 3 nitrogen and oxygen atoms in total. The molecule has 0 radical (unpaired) electrons. The fraction of sp³-hybridized carbons (Fsp3) is 0.364. The van der Waals surface area contributed by atoms with Gasteiger partial charge in [-0.1, -0.05) is 0 Å². The van der Waals surface area contributed by atoms with Crippen LogP contribution in [0.15, 0.2) is 12.1 Å². The fourth-order valence-corrected chi connectivity index (χ4v) is 1.36. The van der Waals surface area contributed by atoms with E-state index < -0.39 is 29.5 Å². The van der Waals surface area contributed by atoms with Crippen LogP contribution < -0.4 is 5.73 Å². The van der Waals surface area contributed by atoms with Crippen molar-refractivity contribution in [3.63, 3.8) is 0 Å². The van der Waals surface area contributed by atoms with Gasteiger partial charge in [-0.3, -0.25) is 4.79 Å². The molecule has 2 N–H and O–H groups in total. The summed E-state index contributed by atoms with van der Waals surface area (Å²) in [5.41, 5.74) is 5.11. The number of nitrogens with two attached hydrogens (primary N) is 1. The van der Waals surface area contributed by atoms with Crippen LogP contribution in [0.25, 0.3) is 0 Å². The summed E-state index contributed by atoms with van der Waals surface area (Å²) in [5.74, 6) is -4.18. The van der Waals surface area contributed by atoms with Gasteiger partial charge in [0.1, 0.15) is 5.82 Å². The Bertz CT molecular complexity index is 423. The van der Waals surface area contributed by atoms with Crippen molar-refractivity contribution in [1.29, 1.82) is 0 Å². The molecule has 0 aliphatic carbocycles. The van der Waals surface area contributed by atoms with E-state index in [-0.39, 0.29) is 18.6 Å². The number of rotatable bonds is 4. The largest absolute Gasteiger partial charge is 0.466 e. The molecule has 0 heterocycles. The van der Waals surface area contributed by atoms with E-state index in [2.05, 4.69) is 4.74 Å². The lowest BCUT2D eigenvalue weighted by Crippen LogP contribution is -2.19. The van der Waals surface area contributed by atoms with Crippen LogP contribution in [0.1, 0.15) is 24.9 Å². The zero-order valence-electron chi connectivity index (χ0n) is 9.17. The van der Waals surface area contributed by atoms with Crippen LogP contribution in [0, 0.1) is 17.5 Å². The SMILES string of the molecule is CCOC(=O)C[C@@H](N)c1cc(F)cc(F)c1F. The fourth-order valence-electron chi connectivity index (χ4n) is 1.36. The summed E-state index contributed by atoms with van der Waals surface area (Å²) in [6.07, 6.45) is -0.340. The van der Waals surface area contributed by atoms with Crippen LogP contribution in [0.2, 0.25) is 0 Å². The van der Waals surface area contributed by atoms with Crippen molar-refractivity contribution in [2.75, 3.05) is 6.61 Å². The number of benzene rings is 1. The molecular weight excluding hydrogens is 235 g/mol. The summed E-state index contributed by atoms with van der Waals surface area (Å²) >= 11 is 0. The van der Waals surface area contributed by atoms with Crippen LogP contribution in [-0.4, -0.2) is 12.6 Å². The first-order valence-corrected chi connectivity index (χ1v) is 5.01. The Hall–Kier alpha value is -1.56. The predicted octanol–water partition coefficient (Wildman–Crippen LogP) is 2.06. The summed E-state index contributed by atoms with van der Waals surface area (Å²) in [4.78, 5) is 11.1. The summed E-state index contributed by atoms with van der Waals surface area (Å²) in [5, 5.41) is 0. The maximum absolute atomic E-state index is 13.3. The molecule has 0 saturated carbocycles. The van der Waals surface area contributed by atoms with Gasteiger partial charge in [-0.25, -0.2) is 13.2 Å². The Balaban J connectivity index is 2.88. The molecule has 1 aromatic carbocycles. The Morgan fingerprint density at radius 2 is 2.06 bits per heavy atom. The van der Waals surface area contributed by atoms with Crippen molar-refractivity contribution in [1.82, 2.24) is 0 Å². The summed E-state index contributed by atoms with van der Waals surface area (Å²) in [6, 6.07) is 0.0392. The molecule has 0 amide bonds. The Morgan fingerprint density at radius 3 is 2.65 bits per heavy atom. The van der Waals surface area contributed by atoms with Gasteiger partial charge in [-0.05, 0) is 13.0 Å². The molecule has 1 aromatic rings. The van der Waals surface area contributed by atoms with Gasteiger partial charge in [-0.15, -0.1) is 0 Å². The van der Waals surface area contributed by atoms with E-state index in [1.165, 1.54) is 0 Å². The third kappa shape index (κ3) is 3.45. The molecule has 0 aliphatic rings. The number of hydrogen-bond donors (Lipinski definition) is 1. The number of ether oxygens (including phenoxy) is 1. The molecule has 0 aliphatic heterocycles. The van der Waals surface area contributed by atoms with Gasteiger partial charge < -0.3 is 10.5 Å². The summed E-state index contributed by atoms with van der Waals surface area (Å²) < 4.78 is 43.7. The molecule has 0 saturated heterocycles. The molecule has 1 atom stereocenters. The van der Waals surface area contributed by atoms with Crippen molar-refractivity contribution in [3.05, 3.63) is 35.1 Å². The van der Waals surface area contributed by atoms with Gasteiger partial charge in [-0.2, -0.15) is 0 Å². The summed E-state index contributed by atoms with van der Waals surface area (Å²) in [6.45, 7) is 1.76. The first-order valence-electron chi connectivity index (χ1n) is 5.01. The third-order valence-corrected chi connectivity index (χ3v) is 2.11. The average molecular weight is 247 g/mol. The first-order chi connectivity index (χ1) is 7.95. The van der Waals surface area contributed by atoms with E-state index in [0.29, 0.717) is 6.07 Å². The van der Waals surface area contributed by atoms with E-state index >= 15 is 0 Å². The lowest BCUT2D eigenvalue weighted by molar-refractivity contribution is -0.143. The predicted molar refractivity (Wildman–Crippen MR) is 54.5 cm³/mol. The molecular formula is C11H12F3NO2. The van der Waals surface area contributed by atoms with Crippen molar-refractivity contribution < 1.29 is 22.7 Å². The van der Waals surface area contributed by atoms with E-state index in [1.807, 2.05) is 0 Å². The first kappa shape index (κ1) is 13.5. The Morgan fingerprint density at radius 1 is 1.41 bits per heavy atom. The van der Waals surface area contributed by atoms with Crippen LogP contribution >= 0.6 is 0 Å². The monoisotopic (exact) mass is 247 g/mol. The van der Waals surface area contributed by atoms with Crippen LogP contribution in [0.4, 0.5) is 13.2 Å². The van der Waals surface area contributed by atoms with Crippen molar-refractivity contribution in [2.24, 2.45) is 5.73 Å². The van der Waals surface area contributed by atoms with Crippen LogP contribution in [0.3, 0.4) is 0 Å². The van der Waals surface area contributed by atoms with Gasteiger partial charge in [0.15, 0.2) is 11.6 Å². The van der Waals surface area contributed by atoms with Crippen molar-refractivity contribution in [2.45, 2.75) is 19.4 Å². The van der Waals surface area contributed by atoms with E-state index in [0.717, 1.165) is 6.07 Å². The standard InChI is InChI=1S/C11H12F3NO2/c1-2-17-10(16)5-9(15)7-3-6(12)4-8(13)11(7)14/h3-4,9H,2,5,15H2,1H3/t9-/m1/s1. The molecule has 17 heavy (non-hydrogen) atoms. The molecule has 0 bridgehead atoms. The highest BCUT2D eigenvalue weighted by Crippen LogP contribution is 2.22.